The van der Waals surface area contributed by atoms with E-state index in [1.807, 2.05) is 37.3 Å². The van der Waals surface area contributed by atoms with Gasteiger partial charge in [-0.3, -0.25) is 4.90 Å². The molecule has 0 unspecified atom stereocenters. The molecule has 0 radical (unpaired) electrons. The zero-order valence-electron chi connectivity index (χ0n) is 15.7. The van der Waals surface area contributed by atoms with Crippen molar-refractivity contribution in [2.75, 3.05) is 26.2 Å². The summed E-state index contributed by atoms with van der Waals surface area (Å²) >= 11 is 0. The number of hydrogen-bond acceptors (Lipinski definition) is 6. The van der Waals surface area contributed by atoms with E-state index < -0.39 is 10.0 Å². The van der Waals surface area contributed by atoms with Crippen LogP contribution in [0.3, 0.4) is 0 Å². The molecule has 7 nitrogen and oxygen atoms in total. The average molecular weight is 398 g/mol. The molecule has 1 aromatic heterocycles. The first-order valence-corrected chi connectivity index (χ1v) is 10.6. The van der Waals surface area contributed by atoms with E-state index in [0.717, 1.165) is 11.1 Å². The second-order valence-corrected chi connectivity index (χ2v) is 8.81. The van der Waals surface area contributed by atoms with Crippen LogP contribution in [0.15, 0.2) is 64.0 Å². The molecule has 4 rings (SSSR count). The molecule has 0 atom stereocenters. The lowest BCUT2D eigenvalue weighted by Crippen LogP contribution is -2.48. The summed E-state index contributed by atoms with van der Waals surface area (Å²) in [4.78, 5) is 6.95. The lowest BCUT2D eigenvalue weighted by atomic mass is 10.1. The standard InChI is InChI=1S/C20H22N4O3S/c1-16-6-5-7-17(14-16)20-21-19(27-22-20)15-23-10-12-24(13-11-23)28(25,26)18-8-3-2-4-9-18/h2-9,14H,10-13,15H2,1H3. The van der Waals surface area contributed by atoms with Crippen molar-refractivity contribution in [3.05, 3.63) is 66.1 Å². The molecular formula is C20H22N4O3S. The number of sulfonamides is 1. The quantitative estimate of drug-likeness (QED) is 0.657. The number of hydrogen-bond donors (Lipinski definition) is 0. The molecule has 2 heterocycles. The second kappa shape index (κ2) is 7.83. The highest BCUT2D eigenvalue weighted by Crippen LogP contribution is 2.20. The van der Waals surface area contributed by atoms with Crippen LogP contribution in [-0.2, 0) is 16.6 Å². The van der Waals surface area contributed by atoms with Crippen molar-refractivity contribution in [2.45, 2.75) is 18.4 Å². The summed E-state index contributed by atoms with van der Waals surface area (Å²) in [6.07, 6.45) is 0. The van der Waals surface area contributed by atoms with Crippen molar-refractivity contribution in [1.82, 2.24) is 19.3 Å². The molecule has 146 valence electrons. The topological polar surface area (TPSA) is 79.5 Å². The maximum atomic E-state index is 12.7. The van der Waals surface area contributed by atoms with Crippen molar-refractivity contribution in [2.24, 2.45) is 0 Å². The first kappa shape index (κ1) is 18.8. The van der Waals surface area contributed by atoms with Gasteiger partial charge in [-0.15, -0.1) is 0 Å². The van der Waals surface area contributed by atoms with Crippen LogP contribution in [0, 0.1) is 6.92 Å². The third-order valence-corrected chi connectivity index (χ3v) is 6.73. The summed E-state index contributed by atoms with van der Waals surface area (Å²) in [7, 11) is -3.44. The van der Waals surface area contributed by atoms with E-state index >= 15 is 0 Å². The van der Waals surface area contributed by atoms with Gasteiger partial charge in [0.15, 0.2) is 0 Å². The molecule has 3 aromatic rings. The van der Waals surface area contributed by atoms with Crippen molar-refractivity contribution in [3.63, 3.8) is 0 Å². The molecule has 1 aliphatic rings. The molecule has 0 saturated carbocycles. The van der Waals surface area contributed by atoms with Crippen LogP contribution < -0.4 is 0 Å². The van der Waals surface area contributed by atoms with Crippen LogP contribution in [-0.4, -0.2) is 53.9 Å². The average Bonchev–Trinajstić information content (AvgIpc) is 3.18. The van der Waals surface area contributed by atoms with E-state index in [0.29, 0.717) is 49.3 Å². The van der Waals surface area contributed by atoms with Crippen molar-refractivity contribution < 1.29 is 12.9 Å². The minimum Gasteiger partial charge on any atom is -0.338 e. The summed E-state index contributed by atoms with van der Waals surface area (Å²) in [5.41, 5.74) is 2.06. The van der Waals surface area contributed by atoms with Gasteiger partial charge in [-0.05, 0) is 25.1 Å². The van der Waals surface area contributed by atoms with Crippen molar-refractivity contribution in [3.8, 4) is 11.4 Å². The fourth-order valence-corrected chi connectivity index (χ4v) is 4.72. The minimum absolute atomic E-state index is 0.336. The monoisotopic (exact) mass is 398 g/mol. The Hall–Kier alpha value is -2.55. The number of benzene rings is 2. The molecule has 1 saturated heterocycles. The third kappa shape index (κ3) is 3.99. The molecule has 0 bridgehead atoms. The molecule has 0 amide bonds. The normalized spacial score (nSPS) is 16.3. The first-order chi connectivity index (χ1) is 13.5. The Morgan fingerprint density at radius 3 is 2.46 bits per heavy atom. The lowest BCUT2D eigenvalue weighted by Gasteiger charge is -2.33. The molecule has 0 spiro atoms. The number of rotatable bonds is 5. The first-order valence-electron chi connectivity index (χ1n) is 9.19. The Kier molecular flexibility index (Phi) is 5.25. The minimum atomic E-state index is -3.44. The van der Waals surface area contributed by atoms with Gasteiger partial charge in [0, 0.05) is 31.7 Å². The summed E-state index contributed by atoms with van der Waals surface area (Å²) < 4.78 is 32.3. The largest absolute Gasteiger partial charge is 0.338 e. The molecular weight excluding hydrogens is 376 g/mol. The fraction of sp³-hybridized carbons (Fsp3) is 0.300. The van der Waals surface area contributed by atoms with Gasteiger partial charge < -0.3 is 4.52 Å². The molecule has 2 aromatic carbocycles. The highest BCUT2D eigenvalue weighted by molar-refractivity contribution is 7.89. The highest BCUT2D eigenvalue weighted by atomic mass is 32.2. The fourth-order valence-electron chi connectivity index (χ4n) is 3.28. The summed E-state index contributed by atoms with van der Waals surface area (Å²) in [5.74, 6) is 1.11. The van der Waals surface area contributed by atoms with E-state index in [4.69, 9.17) is 4.52 Å². The highest BCUT2D eigenvalue weighted by Gasteiger charge is 2.28. The van der Waals surface area contributed by atoms with Crippen LogP contribution >= 0.6 is 0 Å². The van der Waals surface area contributed by atoms with Crippen LogP contribution in [0.25, 0.3) is 11.4 Å². The Balaban J connectivity index is 1.38. The van der Waals surface area contributed by atoms with E-state index in [1.165, 1.54) is 4.31 Å². The zero-order chi connectivity index (χ0) is 19.6. The molecule has 0 N–H and O–H groups in total. The molecule has 1 aliphatic heterocycles. The summed E-state index contributed by atoms with van der Waals surface area (Å²) in [6, 6.07) is 16.5. The van der Waals surface area contributed by atoms with Gasteiger partial charge in [0.05, 0.1) is 11.4 Å². The lowest BCUT2D eigenvalue weighted by molar-refractivity contribution is 0.163. The molecule has 0 aliphatic carbocycles. The third-order valence-electron chi connectivity index (χ3n) is 4.82. The van der Waals surface area contributed by atoms with Gasteiger partial charge >= 0.3 is 0 Å². The van der Waals surface area contributed by atoms with Gasteiger partial charge in [-0.2, -0.15) is 9.29 Å². The summed E-state index contributed by atoms with van der Waals surface area (Å²) in [5, 5.41) is 4.07. The maximum absolute atomic E-state index is 12.7. The predicted octanol–water partition coefficient (Wildman–Crippen LogP) is 2.55. The smallest absolute Gasteiger partial charge is 0.243 e. The van der Waals surface area contributed by atoms with E-state index in [-0.39, 0.29) is 0 Å². The summed E-state index contributed by atoms with van der Waals surface area (Å²) in [6.45, 7) is 4.65. The Bertz CT molecular complexity index is 1040. The van der Waals surface area contributed by atoms with Gasteiger partial charge in [0.1, 0.15) is 0 Å². The Labute approximate surface area is 164 Å². The van der Waals surface area contributed by atoms with Gasteiger partial charge in [-0.1, -0.05) is 47.1 Å². The SMILES string of the molecule is Cc1cccc(-c2noc(CN3CCN(S(=O)(=O)c4ccccc4)CC3)n2)c1. The van der Waals surface area contributed by atoms with E-state index in [9.17, 15) is 8.42 Å². The van der Waals surface area contributed by atoms with Gasteiger partial charge in [0.2, 0.25) is 21.7 Å². The van der Waals surface area contributed by atoms with Crippen molar-refractivity contribution >= 4 is 10.0 Å². The van der Waals surface area contributed by atoms with E-state index in [2.05, 4.69) is 15.0 Å². The zero-order valence-corrected chi connectivity index (χ0v) is 16.5. The van der Waals surface area contributed by atoms with Crippen LogP contribution in [0.4, 0.5) is 0 Å². The van der Waals surface area contributed by atoms with E-state index in [1.54, 1.807) is 24.3 Å². The van der Waals surface area contributed by atoms with Crippen LogP contribution in [0.2, 0.25) is 0 Å². The van der Waals surface area contributed by atoms with Gasteiger partial charge in [0.25, 0.3) is 0 Å². The van der Waals surface area contributed by atoms with Gasteiger partial charge in [-0.25, -0.2) is 8.42 Å². The van der Waals surface area contributed by atoms with Crippen molar-refractivity contribution in [1.29, 1.82) is 0 Å². The second-order valence-electron chi connectivity index (χ2n) is 6.87. The molecule has 28 heavy (non-hydrogen) atoms. The number of nitrogens with zero attached hydrogens (tertiary/aromatic N) is 4. The number of aryl methyl sites for hydroxylation is 1. The maximum Gasteiger partial charge on any atom is 0.243 e. The molecule has 8 heteroatoms. The number of aromatic nitrogens is 2. The number of piperazine rings is 1. The van der Waals surface area contributed by atoms with Crippen LogP contribution in [0.5, 0.6) is 0 Å². The Morgan fingerprint density at radius 1 is 1.00 bits per heavy atom. The van der Waals surface area contributed by atoms with Crippen LogP contribution in [0.1, 0.15) is 11.5 Å². The predicted molar refractivity (Wildman–Crippen MR) is 105 cm³/mol. The Morgan fingerprint density at radius 2 is 1.75 bits per heavy atom. The molecule has 1 fully saturated rings.